The molecule has 0 spiro atoms. The predicted molar refractivity (Wildman–Crippen MR) is 80.0 cm³/mol. The molecule has 0 heterocycles. The van der Waals surface area contributed by atoms with Crippen LogP contribution in [-0.2, 0) is 6.54 Å². The van der Waals surface area contributed by atoms with Crippen LogP contribution in [0, 0.1) is 6.92 Å². The first kappa shape index (κ1) is 14.1. The summed E-state index contributed by atoms with van der Waals surface area (Å²) in [5.41, 5.74) is 2.86. The average Bonchev–Trinajstić information content (AvgIpc) is 2.46. The molecule has 104 valence electrons. The van der Waals surface area contributed by atoms with Crippen molar-refractivity contribution >= 4 is 5.91 Å². The van der Waals surface area contributed by atoms with Crippen molar-refractivity contribution in [1.82, 2.24) is 4.90 Å². The summed E-state index contributed by atoms with van der Waals surface area (Å²) in [7, 11) is 3.45. The Labute approximate surface area is 119 Å². The van der Waals surface area contributed by atoms with Gasteiger partial charge in [0.05, 0.1) is 7.11 Å². The standard InChI is InChI=1S/C17H19NO2/c1-13-6-4-8-15(10-13)17(19)18(2)12-14-7-5-9-16(11-14)20-3/h4-11H,12H2,1-3H3. The second-order valence-electron chi connectivity index (χ2n) is 4.88. The molecule has 0 atom stereocenters. The fraction of sp³-hybridized carbons (Fsp3) is 0.235. The minimum Gasteiger partial charge on any atom is -0.497 e. The fourth-order valence-corrected chi connectivity index (χ4v) is 2.11. The highest BCUT2D eigenvalue weighted by molar-refractivity contribution is 5.94. The Hall–Kier alpha value is -2.29. The maximum absolute atomic E-state index is 12.4. The number of amides is 1. The van der Waals surface area contributed by atoms with Gasteiger partial charge in [-0.2, -0.15) is 0 Å². The summed E-state index contributed by atoms with van der Waals surface area (Å²) in [4.78, 5) is 14.1. The number of aryl methyl sites for hydroxylation is 1. The lowest BCUT2D eigenvalue weighted by Gasteiger charge is -2.18. The van der Waals surface area contributed by atoms with Crippen molar-refractivity contribution in [3.8, 4) is 5.75 Å². The Morgan fingerprint density at radius 1 is 1.15 bits per heavy atom. The van der Waals surface area contributed by atoms with Crippen LogP contribution >= 0.6 is 0 Å². The lowest BCUT2D eigenvalue weighted by atomic mass is 10.1. The molecule has 1 amide bonds. The van der Waals surface area contributed by atoms with E-state index in [-0.39, 0.29) is 5.91 Å². The van der Waals surface area contributed by atoms with E-state index in [1.165, 1.54) is 0 Å². The molecule has 0 aromatic heterocycles. The van der Waals surface area contributed by atoms with Gasteiger partial charge in [0.1, 0.15) is 5.75 Å². The summed E-state index contributed by atoms with van der Waals surface area (Å²) in [6.45, 7) is 2.54. The van der Waals surface area contributed by atoms with Gasteiger partial charge in [-0.1, -0.05) is 29.8 Å². The first-order chi connectivity index (χ1) is 9.60. The molecule has 2 rings (SSSR count). The minimum absolute atomic E-state index is 0.0246. The molecule has 0 aliphatic heterocycles. The van der Waals surface area contributed by atoms with E-state index in [0.29, 0.717) is 6.54 Å². The van der Waals surface area contributed by atoms with Crippen molar-refractivity contribution in [2.24, 2.45) is 0 Å². The largest absolute Gasteiger partial charge is 0.497 e. The third-order valence-electron chi connectivity index (χ3n) is 3.17. The van der Waals surface area contributed by atoms with Gasteiger partial charge in [0, 0.05) is 19.2 Å². The summed E-state index contributed by atoms with van der Waals surface area (Å²) in [5, 5.41) is 0. The highest BCUT2D eigenvalue weighted by atomic mass is 16.5. The van der Waals surface area contributed by atoms with Crippen molar-refractivity contribution in [3.05, 3.63) is 65.2 Å². The molecule has 3 nitrogen and oxygen atoms in total. The molecular formula is C17H19NO2. The van der Waals surface area contributed by atoms with Crippen LogP contribution in [0.4, 0.5) is 0 Å². The summed E-state index contributed by atoms with van der Waals surface area (Å²) < 4.78 is 5.19. The molecule has 2 aromatic carbocycles. The van der Waals surface area contributed by atoms with Crippen LogP contribution < -0.4 is 4.74 Å². The van der Waals surface area contributed by atoms with Gasteiger partial charge in [-0.15, -0.1) is 0 Å². The molecule has 20 heavy (non-hydrogen) atoms. The lowest BCUT2D eigenvalue weighted by Crippen LogP contribution is -2.26. The van der Waals surface area contributed by atoms with Crippen LogP contribution in [0.15, 0.2) is 48.5 Å². The zero-order valence-corrected chi connectivity index (χ0v) is 12.1. The maximum Gasteiger partial charge on any atom is 0.253 e. The van der Waals surface area contributed by atoms with Gasteiger partial charge in [0.25, 0.3) is 5.91 Å². The summed E-state index contributed by atoms with van der Waals surface area (Å²) in [6, 6.07) is 15.4. The molecule has 0 N–H and O–H groups in total. The third kappa shape index (κ3) is 3.38. The maximum atomic E-state index is 12.4. The van der Waals surface area contributed by atoms with Gasteiger partial charge in [-0.3, -0.25) is 4.79 Å². The number of methoxy groups -OCH3 is 1. The Kier molecular flexibility index (Phi) is 4.41. The number of nitrogens with zero attached hydrogens (tertiary/aromatic N) is 1. The van der Waals surface area contributed by atoms with Crippen LogP contribution in [-0.4, -0.2) is 25.0 Å². The molecule has 0 saturated heterocycles. The predicted octanol–water partition coefficient (Wildman–Crippen LogP) is 3.28. The van der Waals surface area contributed by atoms with Gasteiger partial charge in [0.15, 0.2) is 0 Å². The van der Waals surface area contributed by atoms with Crippen molar-refractivity contribution in [2.45, 2.75) is 13.5 Å². The quantitative estimate of drug-likeness (QED) is 0.852. The normalized spacial score (nSPS) is 10.2. The molecule has 2 aromatic rings. The number of carbonyl (C=O) groups is 1. The number of carbonyl (C=O) groups excluding carboxylic acids is 1. The van der Waals surface area contributed by atoms with Crippen LogP contribution in [0.1, 0.15) is 21.5 Å². The second kappa shape index (κ2) is 6.24. The number of benzene rings is 2. The molecular weight excluding hydrogens is 250 g/mol. The Bertz CT molecular complexity index is 607. The molecule has 0 saturated carbocycles. The van der Waals surface area contributed by atoms with E-state index in [1.54, 1.807) is 12.0 Å². The van der Waals surface area contributed by atoms with Crippen LogP contribution in [0.3, 0.4) is 0 Å². The van der Waals surface area contributed by atoms with Gasteiger partial charge in [-0.05, 0) is 36.8 Å². The number of hydrogen-bond acceptors (Lipinski definition) is 2. The van der Waals surface area contributed by atoms with Gasteiger partial charge < -0.3 is 9.64 Å². The molecule has 3 heteroatoms. The van der Waals surface area contributed by atoms with Gasteiger partial charge in [0.2, 0.25) is 0 Å². The second-order valence-corrected chi connectivity index (χ2v) is 4.88. The number of ether oxygens (including phenoxy) is 1. The smallest absolute Gasteiger partial charge is 0.253 e. The van der Waals surface area contributed by atoms with E-state index >= 15 is 0 Å². The van der Waals surface area contributed by atoms with Crippen LogP contribution in [0.5, 0.6) is 5.75 Å². The molecule has 0 bridgehead atoms. The fourth-order valence-electron chi connectivity index (χ4n) is 2.11. The highest BCUT2D eigenvalue weighted by Gasteiger charge is 2.12. The van der Waals surface area contributed by atoms with Gasteiger partial charge in [-0.25, -0.2) is 0 Å². The first-order valence-electron chi connectivity index (χ1n) is 6.55. The Morgan fingerprint density at radius 3 is 2.60 bits per heavy atom. The summed E-state index contributed by atoms with van der Waals surface area (Å²) >= 11 is 0. The van der Waals surface area contributed by atoms with Gasteiger partial charge >= 0.3 is 0 Å². The summed E-state index contributed by atoms with van der Waals surface area (Å²) in [6.07, 6.45) is 0. The zero-order valence-electron chi connectivity index (χ0n) is 12.1. The average molecular weight is 269 g/mol. The number of hydrogen-bond donors (Lipinski definition) is 0. The topological polar surface area (TPSA) is 29.5 Å². The Morgan fingerprint density at radius 2 is 1.90 bits per heavy atom. The molecule has 0 radical (unpaired) electrons. The van der Waals surface area contributed by atoms with E-state index in [9.17, 15) is 4.79 Å². The lowest BCUT2D eigenvalue weighted by molar-refractivity contribution is 0.0785. The zero-order chi connectivity index (χ0) is 14.5. The molecule has 0 aliphatic rings. The first-order valence-corrected chi connectivity index (χ1v) is 6.55. The minimum atomic E-state index is 0.0246. The van der Waals surface area contributed by atoms with E-state index in [4.69, 9.17) is 4.74 Å². The van der Waals surface area contributed by atoms with Crippen LogP contribution in [0.25, 0.3) is 0 Å². The van der Waals surface area contributed by atoms with E-state index < -0.39 is 0 Å². The number of rotatable bonds is 4. The van der Waals surface area contributed by atoms with Crippen molar-refractivity contribution < 1.29 is 9.53 Å². The summed E-state index contributed by atoms with van der Waals surface area (Å²) in [5.74, 6) is 0.829. The third-order valence-corrected chi connectivity index (χ3v) is 3.17. The molecule has 0 unspecified atom stereocenters. The van der Waals surface area contributed by atoms with Crippen molar-refractivity contribution in [3.63, 3.8) is 0 Å². The van der Waals surface area contributed by atoms with Crippen LogP contribution in [0.2, 0.25) is 0 Å². The molecule has 0 aliphatic carbocycles. The monoisotopic (exact) mass is 269 g/mol. The van der Waals surface area contributed by atoms with Crippen molar-refractivity contribution in [2.75, 3.05) is 14.2 Å². The molecule has 0 fully saturated rings. The van der Waals surface area contributed by atoms with E-state index in [2.05, 4.69) is 0 Å². The SMILES string of the molecule is COc1cccc(CN(C)C(=O)c2cccc(C)c2)c1. The van der Waals surface area contributed by atoms with Crippen molar-refractivity contribution in [1.29, 1.82) is 0 Å². The van der Waals surface area contributed by atoms with E-state index in [0.717, 1.165) is 22.4 Å². The van der Waals surface area contributed by atoms with E-state index in [1.807, 2.05) is 62.5 Å². The highest BCUT2D eigenvalue weighted by Crippen LogP contribution is 2.15. The Balaban J connectivity index is 2.11.